The highest BCUT2D eigenvalue weighted by molar-refractivity contribution is 6.18. The van der Waals surface area contributed by atoms with Crippen LogP contribution in [0.15, 0.2) is 122 Å². The van der Waals surface area contributed by atoms with Gasteiger partial charge in [0.1, 0.15) is 12.4 Å². The van der Waals surface area contributed by atoms with E-state index in [4.69, 9.17) is 22.1 Å². The topological polar surface area (TPSA) is 85.1 Å². The van der Waals surface area contributed by atoms with Crippen molar-refractivity contribution in [1.29, 1.82) is 0 Å². The Hall–Kier alpha value is -4.07. The molecular formula is C35H38ClN5O. The number of halogens is 1. The quantitative estimate of drug-likeness (QED) is 0.110. The number of rotatable bonds is 13. The van der Waals surface area contributed by atoms with E-state index in [0.717, 1.165) is 54.2 Å². The van der Waals surface area contributed by atoms with Crippen molar-refractivity contribution in [3.8, 4) is 28.0 Å². The molecule has 216 valence electrons. The number of hydrogen-bond acceptors (Lipinski definition) is 6. The van der Waals surface area contributed by atoms with Crippen molar-refractivity contribution >= 4 is 11.6 Å². The lowest BCUT2D eigenvalue weighted by atomic mass is 10.1. The molecular weight excluding hydrogens is 542 g/mol. The number of hydrogen-bond donors (Lipinski definition) is 3. The first kappa shape index (κ1) is 30.9. The summed E-state index contributed by atoms with van der Waals surface area (Å²) in [5.74, 6) is 1.50. The maximum absolute atomic E-state index is 5.72. The predicted octanol–water partition coefficient (Wildman–Crippen LogP) is 6.45. The zero-order chi connectivity index (χ0) is 29.2. The van der Waals surface area contributed by atoms with E-state index < -0.39 is 0 Å². The van der Waals surface area contributed by atoms with Gasteiger partial charge in [0.15, 0.2) is 0 Å². The highest BCUT2D eigenvalue weighted by atomic mass is 35.5. The van der Waals surface area contributed by atoms with E-state index in [0.29, 0.717) is 19.0 Å². The van der Waals surface area contributed by atoms with Gasteiger partial charge in [-0.2, -0.15) is 0 Å². The molecule has 42 heavy (non-hydrogen) atoms. The van der Waals surface area contributed by atoms with Crippen molar-refractivity contribution in [1.82, 2.24) is 20.6 Å². The van der Waals surface area contributed by atoms with Crippen LogP contribution in [-0.4, -0.2) is 35.5 Å². The van der Waals surface area contributed by atoms with Crippen molar-refractivity contribution in [2.24, 2.45) is 5.73 Å². The third-order valence-corrected chi connectivity index (χ3v) is 6.63. The SMILES string of the molecule is ClCCNCc1cncc(-c2ccccc2)c1.NCc1ccc(OCCNCc2cncc(-c3ccccc3)c2)cc1. The second kappa shape index (κ2) is 17.7. The Labute approximate surface area is 254 Å². The van der Waals surface area contributed by atoms with Gasteiger partial charge in [0.05, 0.1) is 0 Å². The van der Waals surface area contributed by atoms with Gasteiger partial charge in [-0.15, -0.1) is 11.6 Å². The van der Waals surface area contributed by atoms with Gasteiger partial charge in [-0.05, 0) is 52.1 Å². The minimum absolute atomic E-state index is 0.553. The number of nitrogens with one attached hydrogen (secondary N) is 2. The molecule has 0 radical (unpaired) electrons. The second-order valence-electron chi connectivity index (χ2n) is 9.63. The third kappa shape index (κ3) is 10.4. The van der Waals surface area contributed by atoms with Crippen LogP contribution in [-0.2, 0) is 19.6 Å². The van der Waals surface area contributed by atoms with E-state index in [1.54, 1.807) is 0 Å². The summed E-state index contributed by atoms with van der Waals surface area (Å²) in [4.78, 5) is 8.61. The minimum Gasteiger partial charge on any atom is -0.492 e. The molecule has 7 heteroatoms. The number of benzene rings is 3. The maximum Gasteiger partial charge on any atom is 0.119 e. The fraction of sp³-hybridized carbons (Fsp3) is 0.200. The number of nitrogens with two attached hydrogens (primary N) is 1. The zero-order valence-electron chi connectivity index (χ0n) is 23.8. The highest BCUT2D eigenvalue weighted by Gasteiger charge is 2.01. The Bertz CT molecular complexity index is 1450. The second-order valence-corrected chi connectivity index (χ2v) is 10.0. The number of aromatic nitrogens is 2. The molecule has 5 aromatic rings. The average molecular weight is 580 g/mol. The van der Waals surface area contributed by atoms with E-state index in [-0.39, 0.29) is 0 Å². The molecule has 0 fully saturated rings. The predicted molar refractivity (Wildman–Crippen MR) is 173 cm³/mol. The van der Waals surface area contributed by atoms with Gasteiger partial charge in [0.2, 0.25) is 0 Å². The van der Waals surface area contributed by atoms with Crippen LogP contribution < -0.4 is 21.1 Å². The summed E-state index contributed by atoms with van der Waals surface area (Å²) in [7, 11) is 0. The molecule has 0 unspecified atom stereocenters. The van der Waals surface area contributed by atoms with E-state index in [9.17, 15) is 0 Å². The van der Waals surface area contributed by atoms with Crippen LogP contribution in [0.4, 0.5) is 0 Å². The summed E-state index contributed by atoms with van der Waals surface area (Å²) in [5, 5.41) is 6.65. The summed E-state index contributed by atoms with van der Waals surface area (Å²) < 4.78 is 5.72. The van der Waals surface area contributed by atoms with Crippen molar-refractivity contribution in [2.75, 3.05) is 25.6 Å². The number of alkyl halides is 1. The summed E-state index contributed by atoms with van der Waals surface area (Å²) in [6.07, 6.45) is 7.56. The van der Waals surface area contributed by atoms with Gasteiger partial charge in [0.25, 0.3) is 0 Å². The molecule has 4 N–H and O–H groups in total. The molecule has 0 atom stereocenters. The summed E-state index contributed by atoms with van der Waals surface area (Å²) in [5.41, 5.74) is 13.7. The molecule has 2 heterocycles. The smallest absolute Gasteiger partial charge is 0.119 e. The number of ether oxygens (including phenoxy) is 1. The average Bonchev–Trinajstić information content (AvgIpc) is 3.06. The lowest BCUT2D eigenvalue weighted by Crippen LogP contribution is -2.20. The van der Waals surface area contributed by atoms with Crippen molar-refractivity contribution in [3.63, 3.8) is 0 Å². The van der Waals surface area contributed by atoms with Crippen LogP contribution in [0.2, 0.25) is 0 Å². The molecule has 0 saturated carbocycles. The lowest BCUT2D eigenvalue weighted by molar-refractivity contribution is 0.313. The van der Waals surface area contributed by atoms with Gasteiger partial charge >= 0.3 is 0 Å². The van der Waals surface area contributed by atoms with Crippen molar-refractivity contribution in [2.45, 2.75) is 19.6 Å². The first-order valence-corrected chi connectivity index (χ1v) is 14.7. The first-order chi connectivity index (χ1) is 20.7. The third-order valence-electron chi connectivity index (χ3n) is 6.44. The van der Waals surface area contributed by atoms with Crippen LogP contribution >= 0.6 is 11.6 Å². The van der Waals surface area contributed by atoms with Crippen LogP contribution in [0.5, 0.6) is 5.75 Å². The molecule has 0 bridgehead atoms. The molecule has 0 aliphatic rings. The molecule has 0 spiro atoms. The molecule has 0 amide bonds. The monoisotopic (exact) mass is 579 g/mol. The van der Waals surface area contributed by atoms with Crippen LogP contribution in [0.1, 0.15) is 16.7 Å². The van der Waals surface area contributed by atoms with E-state index in [1.807, 2.05) is 85.5 Å². The van der Waals surface area contributed by atoms with E-state index >= 15 is 0 Å². The normalized spacial score (nSPS) is 10.5. The summed E-state index contributed by atoms with van der Waals surface area (Å²) in [6, 6.07) is 32.8. The Kier molecular flexibility index (Phi) is 13.0. The molecule has 0 aliphatic heterocycles. The molecule has 0 aliphatic carbocycles. The lowest BCUT2D eigenvalue weighted by Gasteiger charge is -2.09. The molecule has 5 rings (SSSR count). The Morgan fingerprint density at radius 2 is 1.12 bits per heavy atom. The van der Waals surface area contributed by atoms with Crippen LogP contribution in [0.25, 0.3) is 22.3 Å². The van der Waals surface area contributed by atoms with Gasteiger partial charge < -0.3 is 21.1 Å². The molecule has 2 aromatic heterocycles. The minimum atomic E-state index is 0.553. The van der Waals surface area contributed by atoms with Crippen LogP contribution in [0, 0.1) is 0 Å². The molecule has 3 aromatic carbocycles. The Morgan fingerprint density at radius 1 is 0.595 bits per heavy atom. The first-order valence-electron chi connectivity index (χ1n) is 14.1. The van der Waals surface area contributed by atoms with Crippen LogP contribution in [0.3, 0.4) is 0 Å². The maximum atomic E-state index is 5.72. The highest BCUT2D eigenvalue weighted by Crippen LogP contribution is 2.19. The fourth-order valence-corrected chi connectivity index (χ4v) is 4.37. The van der Waals surface area contributed by atoms with Crippen molar-refractivity contribution < 1.29 is 4.74 Å². The van der Waals surface area contributed by atoms with E-state index in [1.165, 1.54) is 16.7 Å². The van der Waals surface area contributed by atoms with Gasteiger partial charge in [0, 0.05) is 74.5 Å². The summed E-state index contributed by atoms with van der Waals surface area (Å²) >= 11 is 5.62. The molecule has 0 saturated heterocycles. The Morgan fingerprint density at radius 3 is 1.62 bits per heavy atom. The largest absolute Gasteiger partial charge is 0.492 e. The fourth-order valence-electron chi connectivity index (χ4n) is 4.24. The van der Waals surface area contributed by atoms with Gasteiger partial charge in [-0.1, -0.05) is 72.8 Å². The standard InChI is InChI=1S/C21H23N3O.C14H15ClN2/c22-13-17-6-8-21(9-7-17)25-11-10-23-14-18-12-20(16-24-15-18)19-4-2-1-3-5-19;15-6-7-16-9-12-8-14(11-17-10-12)13-4-2-1-3-5-13/h1-9,12,15-16,23H,10-11,13-14,22H2;1-5,8,10-11,16H,6-7,9H2. The number of nitrogens with zero attached hydrogens (tertiary/aromatic N) is 2. The summed E-state index contributed by atoms with van der Waals surface area (Å²) in [6.45, 7) is 4.33. The Balaban J connectivity index is 0.000000208. The molecule has 6 nitrogen and oxygen atoms in total. The zero-order valence-corrected chi connectivity index (χ0v) is 24.5. The van der Waals surface area contributed by atoms with Gasteiger partial charge in [-0.25, -0.2) is 0 Å². The number of pyridine rings is 2. The van der Waals surface area contributed by atoms with Crippen molar-refractivity contribution in [3.05, 3.63) is 139 Å². The van der Waals surface area contributed by atoms with Gasteiger partial charge in [-0.3, -0.25) is 9.97 Å². The van der Waals surface area contributed by atoms with E-state index in [2.05, 4.69) is 57.0 Å².